The second-order valence-electron chi connectivity index (χ2n) is 5.96. The summed E-state index contributed by atoms with van der Waals surface area (Å²) in [6, 6.07) is 8.19. The number of halogens is 1. The summed E-state index contributed by atoms with van der Waals surface area (Å²) in [5.41, 5.74) is 0.430. The lowest BCUT2D eigenvalue weighted by atomic mass is 10.1. The van der Waals surface area contributed by atoms with Gasteiger partial charge in [0.25, 0.3) is 0 Å². The van der Waals surface area contributed by atoms with Crippen LogP contribution in [0.25, 0.3) is 10.9 Å². The smallest absolute Gasteiger partial charge is 0.148 e. The van der Waals surface area contributed by atoms with Gasteiger partial charge >= 0.3 is 0 Å². The van der Waals surface area contributed by atoms with E-state index >= 15 is 0 Å². The molecule has 6 heteroatoms. The molecule has 4 nitrogen and oxygen atoms in total. The van der Waals surface area contributed by atoms with E-state index in [1.165, 1.54) is 18.4 Å². The third-order valence-electron chi connectivity index (χ3n) is 3.82. The van der Waals surface area contributed by atoms with Crippen LogP contribution in [0.15, 0.2) is 30.3 Å². The number of nitrogens with zero attached hydrogens (tertiary/aromatic N) is 1. The molecule has 112 valence electrons. The Morgan fingerprint density at radius 3 is 2.67 bits per heavy atom. The van der Waals surface area contributed by atoms with Crippen molar-refractivity contribution in [3.8, 4) is 0 Å². The van der Waals surface area contributed by atoms with Gasteiger partial charge in [0.05, 0.1) is 11.3 Å². The maximum Gasteiger partial charge on any atom is 0.148 e. The predicted octanol–water partition coefficient (Wildman–Crippen LogP) is 2.61. The van der Waals surface area contributed by atoms with Gasteiger partial charge in [-0.05, 0) is 37.1 Å². The monoisotopic (exact) mass is 308 g/mol. The molecular formula is C15H17FN2O2S. The summed E-state index contributed by atoms with van der Waals surface area (Å²) < 4.78 is 36.1. The van der Waals surface area contributed by atoms with Gasteiger partial charge in [-0.2, -0.15) is 0 Å². The van der Waals surface area contributed by atoms with E-state index in [-0.39, 0.29) is 17.0 Å². The minimum atomic E-state index is -2.97. The highest BCUT2D eigenvalue weighted by Crippen LogP contribution is 2.46. The van der Waals surface area contributed by atoms with E-state index in [0.29, 0.717) is 17.9 Å². The first-order valence-electron chi connectivity index (χ1n) is 6.83. The van der Waals surface area contributed by atoms with Gasteiger partial charge in [0.1, 0.15) is 21.5 Å². The summed E-state index contributed by atoms with van der Waals surface area (Å²) in [7, 11) is -2.97. The predicted molar refractivity (Wildman–Crippen MR) is 81.6 cm³/mol. The fourth-order valence-corrected chi connectivity index (χ4v) is 4.08. The number of anilines is 1. The van der Waals surface area contributed by atoms with Crippen molar-refractivity contribution < 1.29 is 12.8 Å². The normalized spacial score (nSPS) is 16.9. The Morgan fingerprint density at radius 2 is 2.00 bits per heavy atom. The lowest BCUT2D eigenvalue weighted by molar-refractivity contribution is 0.560. The number of benzene rings is 1. The SMILES string of the molecule is CS(=O)(=O)CC1(CNc2ccc3ccc(F)cc3n2)CC1. The van der Waals surface area contributed by atoms with Crippen LogP contribution in [-0.4, -0.2) is 32.0 Å². The molecular weight excluding hydrogens is 291 g/mol. The van der Waals surface area contributed by atoms with Crippen molar-refractivity contribution in [1.29, 1.82) is 0 Å². The molecule has 1 aromatic carbocycles. The first-order valence-corrected chi connectivity index (χ1v) is 8.89. The average molecular weight is 308 g/mol. The highest BCUT2D eigenvalue weighted by atomic mass is 32.2. The lowest BCUT2D eigenvalue weighted by Gasteiger charge is -2.15. The van der Waals surface area contributed by atoms with Crippen molar-refractivity contribution >= 4 is 26.6 Å². The van der Waals surface area contributed by atoms with Crippen LogP contribution in [0.1, 0.15) is 12.8 Å². The minimum absolute atomic E-state index is 0.161. The number of aromatic nitrogens is 1. The van der Waals surface area contributed by atoms with Crippen molar-refractivity contribution in [2.24, 2.45) is 5.41 Å². The van der Waals surface area contributed by atoms with E-state index < -0.39 is 9.84 Å². The number of hydrogen-bond acceptors (Lipinski definition) is 4. The van der Waals surface area contributed by atoms with Gasteiger partial charge in [0, 0.05) is 29.7 Å². The number of rotatable bonds is 5. The molecule has 1 aliphatic rings. The number of fused-ring (bicyclic) bond motifs is 1. The van der Waals surface area contributed by atoms with Gasteiger partial charge < -0.3 is 5.32 Å². The second-order valence-corrected chi connectivity index (χ2v) is 8.10. The Morgan fingerprint density at radius 1 is 1.29 bits per heavy atom. The van der Waals surface area contributed by atoms with Crippen LogP contribution in [0, 0.1) is 11.2 Å². The van der Waals surface area contributed by atoms with E-state index in [4.69, 9.17) is 0 Å². The van der Waals surface area contributed by atoms with Gasteiger partial charge in [0.15, 0.2) is 0 Å². The van der Waals surface area contributed by atoms with Crippen LogP contribution in [0.3, 0.4) is 0 Å². The van der Waals surface area contributed by atoms with E-state index in [1.807, 2.05) is 12.1 Å². The molecule has 0 aliphatic heterocycles. The third-order valence-corrected chi connectivity index (χ3v) is 4.96. The standard InChI is InChI=1S/C15H17FN2O2S/c1-21(19,20)10-15(6-7-15)9-17-14-5-3-11-2-4-12(16)8-13(11)18-14/h2-5,8H,6-7,9-10H2,1H3,(H,17,18). The Bertz CT molecular complexity index is 785. The molecule has 0 unspecified atom stereocenters. The Labute approximate surface area is 123 Å². The first kappa shape index (κ1) is 14.3. The molecule has 0 saturated heterocycles. The third kappa shape index (κ3) is 3.50. The molecule has 21 heavy (non-hydrogen) atoms. The van der Waals surface area contributed by atoms with E-state index in [2.05, 4.69) is 10.3 Å². The first-order chi connectivity index (χ1) is 9.85. The molecule has 1 aliphatic carbocycles. The van der Waals surface area contributed by atoms with Crippen LogP contribution in [-0.2, 0) is 9.84 Å². The molecule has 1 saturated carbocycles. The van der Waals surface area contributed by atoms with Crippen LogP contribution >= 0.6 is 0 Å². The Hall–Kier alpha value is -1.69. The lowest BCUT2D eigenvalue weighted by Crippen LogP contribution is -2.24. The summed E-state index contributed by atoms with van der Waals surface area (Å²) in [6.45, 7) is 0.577. The maximum atomic E-state index is 13.2. The molecule has 1 fully saturated rings. The van der Waals surface area contributed by atoms with Crippen molar-refractivity contribution in [1.82, 2.24) is 4.98 Å². The fraction of sp³-hybridized carbons (Fsp3) is 0.400. The molecule has 1 heterocycles. The van der Waals surface area contributed by atoms with Gasteiger partial charge in [-0.1, -0.05) is 0 Å². The number of sulfone groups is 1. The van der Waals surface area contributed by atoms with Crippen molar-refractivity contribution in [3.63, 3.8) is 0 Å². The number of nitrogens with one attached hydrogen (secondary N) is 1. The zero-order valence-corrected chi connectivity index (χ0v) is 12.6. The summed E-state index contributed by atoms with van der Waals surface area (Å²) >= 11 is 0. The fourth-order valence-electron chi connectivity index (χ4n) is 2.57. The second kappa shape index (κ2) is 4.94. The maximum absolute atomic E-state index is 13.2. The van der Waals surface area contributed by atoms with E-state index in [1.54, 1.807) is 6.07 Å². The van der Waals surface area contributed by atoms with Crippen molar-refractivity contribution in [3.05, 3.63) is 36.1 Å². The minimum Gasteiger partial charge on any atom is -0.369 e. The Balaban J connectivity index is 1.74. The molecule has 0 atom stereocenters. The molecule has 0 radical (unpaired) electrons. The van der Waals surface area contributed by atoms with E-state index in [0.717, 1.165) is 18.2 Å². The summed E-state index contributed by atoms with van der Waals surface area (Å²) in [5, 5.41) is 4.06. The van der Waals surface area contributed by atoms with Gasteiger partial charge in [0.2, 0.25) is 0 Å². The summed E-state index contributed by atoms with van der Waals surface area (Å²) in [4.78, 5) is 4.36. The van der Waals surface area contributed by atoms with Crippen LogP contribution < -0.4 is 5.32 Å². The quantitative estimate of drug-likeness (QED) is 0.922. The zero-order chi connectivity index (χ0) is 15.1. The van der Waals surface area contributed by atoms with Gasteiger partial charge in [-0.25, -0.2) is 17.8 Å². The molecule has 2 aromatic rings. The van der Waals surface area contributed by atoms with Crippen LogP contribution in [0.4, 0.5) is 10.2 Å². The largest absolute Gasteiger partial charge is 0.369 e. The molecule has 0 amide bonds. The summed E-state index contributed by atoms with van der Waals surface area (Å²) in [5.74, 6) is 0.533. The van der Waals surface area contributed by atoms with Gasteiger partial charge in [-0.15, -0.1) is 0 Å². The Kier molecular flexibility index (Phi) is 3.36. The van der Waals surface area contributed by atoms with Crippen LogP contribution in [0.5, 0.6) is 0 Å². The molecule has 3 rings (SSSR count). The highest BCUT2D eigenvalue weighted by Gasteiger charge is 2.44. The highest BCUT2D eigenvalue weighted by molar-refractivity contribution is 7.90. The van der Waals surface area contributed by atoms with Gasteiger partial charge in [-0.3, -0.25) is 0 Å². The molecule has 1 aromatic heterocycles. The van der Waals surface area contributed by atoms with Crippen molar-refractivity contribution in [2.45, 2.75) is 12.8 Å². The zero-order valence-electron chi connectivity index (χ0n) is 11.8. The summed E-state index contributed by atoms with van der Waals surface area (Å²) in [6.07, 6.45) is 3.09. The average Bonchev–Trinajstić information content (AvgIpc) is 3.13. The molecule has 0 bridgehead atoms. The van der Waals surface area contributed by atoms with E-state index in [9.17, 15) is 12.8 Å². The van der Waals surface area contributed by atoms with Crippen LogP contribution in [0.2, 0.25) is 0 Å². The molecule has 1 N–H and O–H groups in total. The topological polar surface area (TPSA) is 59.1 Å². The molecule has 0 spiro atoms. The number of pyridine rings is 1. The number of hydrogen-bond donors (Lipinski definition) is 1. The van der Waals surface area contributed by atoms with Crippen molar-refractivity contribution in [2.75, 3.05) is 23.9 Å².